The molecule has 1 aromatic carbocycles. The summed E-state index contributed by atoms with van der Waals surface area (Å²) in [7, 11) is 0. The van der Waals surface area contributed by atoms with Crippen molar-refractivity contribution in [2.75, 3.05) is 26.2 Å². The molecule has 0 saturated carbocycles. The van der Waals surface area contributed by atoms with Gasteiger partial charge in [-0.05, 0) is 32.8 Å². The SMILES string of the molecule is CC(C)(C)OC(=O)N1CCN([C@H](Cc2ccccc2)C(=O)O)CC1. The molecule has 6 heteroatoms. The summed E-state index contributed by atoms with van der Waals surface area (Å²) in [6, 6.07) is 9.04. The number of ether oxygens (including phenoxy) is 1. The van der Waals surface area contributed by atoms with Gasteiger partial charge in [0.15, 0.2) is 0 Å². The normalized spacial score (nSPS) is 17.4. The van der Waals surface area contributed by atoms with Crippen LogP contribution in [0.3, 0.4) is 0 Å². The lowest BCUT2D eigenvalue weighted by atomic mass is 10.0. The number of rotatable bonds is 4. The number of piperazine rings is 1. The van der Waals surface area contributed by atoms with Gasteiger partial charge in [0, 0.05) is 26.2 Å². The van der Waals surface area contributed by atoms with Crippen LogP contribution in [0.2, 0.25) is 0 Å². The van der Waals surface area contributed by atoms with E-state index in [1.807, 2.05) is 56.0 Å². The van der Waals surface area contributed by atoms with Crippen molar-refractivity contribution in [3.63, 3.8) is 0 Å². The predicted molar refractivity (Wildman–Crippen MR) is 90.9 cm³/mol. The summed E-state index contributed by atoms with van der Waals surface area (Å²) in [5.41, 5.74) is 0.477. The first-order valence-corrected chi connectivity index (χ1v) is 8.25. The number of amides is 1. The molecule has 0 radical (unpaired) electrons. The highest BCUT2D eigenvalue weighted by Gasteiger charge is 2.31. The monoisotopic (exact) mass is 334 g/mol. The van der Waals surface area contributed by atoms with E-state index >= 15 is 0 Å². The molecule has 1 heterocycles. The average Bonchev–Trinajstić information content (AvgIpc) is 2.52. The predicted octanol–water partition coefficient (Wildman–Crippen LogP) is 2.24. The van der Waals surface area contributed by atoms with Crippen LogP contribution < -0.4 is 0 Å². The maximum Gasteiger partial charge on any atom is 0.410 e. The van der Waals surface area contributed by atoms with Crippen LogP contribution in [-0.2, 0) is 16.0 Å². The second kappa shape index (κ2) is 7.66. The zero-order valence-electron chi connectivity index (χ0n) is 14.6. The van der Waals surface area contributed by atoms with Crippen LogP contribution >= 0.6 is 0 Å². The van der Waals surface area contributed by atoms with E-state index in [1.54, 1.807) is 4.90 Å². The van der Waals surface area contributed by atoms with Gasteiger partial charge in [0.1, 0.15) is 11.6 Å². The van der Waals surface area contributed by atoms with Crippen LogP contribution in [0.25, 0.3) is 0 Å². The van der Waals surface area contributed by atoms with Crippen LogP contribution in [-0.4, -0.2) is 64.8 Å². The van der Waals surface area contributed by atoms with Crippen molar-refractivity contribution >= 4 is 12.1 Å². The third-order valence-corrected chi connectivity index (χ3v) is 3.96. The zero-order chi connectivity index (χ0) is 17.7. The Morgan fingerprint density at radius 2 is 1.71 bits per heavy atom. The third kappa shape index (κ3) is 5.23. The molecule has 0 bridgehead atoms. The molecule has 1 aliphatic heterocycles. The molecule has 0 aromatic heterocycles. The lowest BCUT2D eigenvalue weighted by Crippen LogP contribution is -2.55. The van der Waals surface area contributed by atoms with Crippen molar-refractivity contribution in [3.8, 4) is 0 Å². The van der Waals surface area contributed by atoms with Gasteiger partial charge in [0.25, 0.3) is 0 Å². The number of carboxylic acids is 1. The first-order valence-electron chi connectivity index (χ1n) is 8.25. The Bertz CT molecular complexity index is 560. The maximum absolute atomic E-state index is 12.1. The molecule has 0 unspecified atom stereocenters. The van der Waals surface area contributed by atoms with Gasteiger partial charge in [0.2, 0.25) is 0 Å². The van der Waals surface area contributed by atoms with Crippen LogP contribution in [0.15, 0.2) is 30.3 Å². The number of carbonyl (C=O) groups excluding carboxylic acids is 1. The topological polar surface area (TPSA) is 70.1 Å². The molecule has 0 aliphatic carbocycles. The molecule has 6 nitrogen and oxygen atoms in total. The fourth-order valence-corrected chi connectivity index (χ4v) is 2.75. The summed E-state index contributed by atoms with van der Waals surface area (Å²) in [4.78, 5) is 27.3. The molecule has 1 amide bonds. The molecule has 2 rings (SSSR count). The minimum absolute atomic E-state index is 0.336. The summed E-state index contributed by atoms with van der Waals surface area (Å²) >= 11 is 0. The minimum Gasteiger partial charge on any atom is -0.480 e. The fraction of sp³-hybridized carbons (Fsp3) is 0.556. The Balaban J connectivity index is 1.93. The molecule has 1 aliphatic rings. The van der Waals surface area contributed by atoms with Gasteiger partial charge in [-0.3, -0.25) is 9.69 Å². The van der Waals surface area contributed by atoms with Crippen LogP contribution in [0, 0.1) is 0 Å². The highest BCUT2D eigenvalue weighted by Crippen LogP contribution is 2.15. The zero-order valence-corrected chi connectivity index (χ0v) is 14.6. The van der Waals surface area contributed by atoms with E-state index in [2.05, 4.69) is 0 Å². The van der Waals surface area contributed by atoms with Crippen molar-refractivity contribution in [2.45, 2.75) is 38.8 Å². The summed E-state index contributed by atoms with van der Waals surface area (Å²) in [6.07, 6.45) is 0.125. The molecular formula is C18H26N2O4. The van der Waals surface area contributed by atoms with E-state index in [9.17, 15) is 14.7 Å². The van der Waals surface area contributed by atoms with E-state index in [4.69, 9.17) is 4.74 Å². The molecule has 132 valence electrons. The van der Waals surface area contributed by atoms with E-state index in [-0.39, 0.29) is 6.09 Å². The van der Waals surface area contributed by atoms with Crippen molar-refractivity contribution in [2.24, 2.45) is 0 Å². The van der Waals surface area contributed by atoms with Gasteiger partial charge in [-0.15, -0.1) is 0 Å². The highest BCUT2D eigenvalue weighted by atomic mass is 16.6. The van der Waals surface area contributed by atoms with E-state index < -0.39 is 17.6 Å². The van der Waals surface area contributed by atoms with Crippen LogP contribution in [0.4, 0.5) is 4.79 Å². The van der Waals surface area contributed by atoms with Crippen molar-refractivity contribution in [1.29, 1.82) is 0 Å². The van der Waals surface area contributed by atoms with E-state index in [0.717, 1.165) is 5.56 Å². The number of nitrogens with zero attached hydrogens (tertiary/aromatic N) is 2. The lowest BCUT2D eigenvalue weighted by molar-refractivity contribution is -0.143. The first-order chi connectivity index (χ1) is 11.3. The minimum atomic E-state index is -0.829. The van der Waals surface area contributed by atoms with Crippen molar-refractivity contribution < 1.29 is 19.4 Å². The Labute approximate surface area is 143 Å². The molecular weight excluding hydrogens is 308 g/mol. The molecule has 0 spiro atoms. The second-order valence-electron chi connectivity index (χ2n) is 7.05. The van der Waals surface area contributed by atoms with Gasteiger partial charge in [-0.25, -0.2) is 4.79 Å². The maximum atomic E-state index is 12.1. The third-order valence-electron chi connectivity index (χ3n) is 3.96. The van der Waals surface area contributed by atoms with Gasteiger partial charge in [0.05, 0.1) is 0 Å². The Morgan fingerprint density at radius 1 is 1.12 bits per heavy atom. The molecule has 1 saturated heterocycles. The number of aliphatic carboxylic acids is 1. The largest absolute Gasteiger partial charge is 0.480 e. The fourth-order valence-electron chi connectivity index (χ4n) is 2.75. The summed E-state index contributed by atoms with van der Waals surface area (Å²) in [5, 5.41) is 9.57. The first kappa shape index (κ1) is 18.3. The number of hydrogen-bond donors (Lipinski definition) is 1. The second-order valence-corrected chi connectivity index (χ2v) is 7.05. The quantitative estimate of drug-likeness (QED) is 0.914. The Kier molecular flexibility index (Phi) is 5.83. The Hall–Kier alpha value is -2.08. The van der Waals surface area contributed by atoms with E-state index in [1.165, 1.54) is 0 Å². The lowest BCUT2D eigenvalue weighted by Gasteiger charge is -2.38. The van der Waals surface area contributed by atoms with E-state index in [0.29, 0.717) is 32.6 Å². The van der Waals surface area contributed by atoms with Gasteiger partial charge < -0.3 is 14.7 Å². The Morgan fingerprint density at radius 3 is 2.21 bits per heavy atom. The molecule has 1 aromatic rings. The van der Waals surface area contributed by atoms with Gasteiger partial charge in [-0.2, -0.15) is 0 Å². The summed E-state index contributed by atoms with van der Waals surface area (Å²) in [6.45, 7) is 7.53. The molecule has 24 heavy (non-hydrogen) atoms. The van der Waals surface area contributed by atoms with Crippen molar-refractivity contribution in [3.05, 3.63) is 35.9 Å². The van der Waals surface area contributed by atoms with Gasteiger partial charge >= 0.3 is 12.1 Å². The summed E-state index contributed by atoms with van der Waals surface area (Å²) < 4.78 is 5.37. The number of carbonyl (C=O) groups is 2. The molecule has 1 N–H and O–H groups in total. The number of benzene rings is 1. The number of carboxylic acid groups (broad SMARTS) is 1. The highest BCUT2D eigenvalue weighted by molar-refractivity contribution is 5.74. The molecule has 1 fully saturated rings. The summed E-state index contributed by atoms with van der Waals surface area (Å²) in [5.74, 6) is -0.829. The van der Waals surface area contributed by atoms with Crippen LogP contribution in [0.5, 0.6) is 0 Å². The van der Waals surface area contributed by atoms with Crippen LogP contribution in [0.1, 0.15) is 26.3 Å². The average molecular weight is 334 g/mol. The smallest absolute Gasteiger partial charge is 0.410 e. The van der Waals surface area contributed by atoms with Gasteiger partial charge in [-0.1, -0.05) is 30.3 Å². The van der Waals surface area contributed by atoms with Crippen molar-refractivity contribution in [1.82, 2.24) is 9.80 Å². The standard InChI is InChI=1S/C18H26N2O4/c1-18(2,3)24-17(23)20-11-9-19(10-12-20)15(16(21)22)13-14-7-5-4-6-8-14/h4-8,15H,9-13H2,1-3H3,(H,21,22)/t15-/m1/s1. The number of hydrogen-bond acceptors (Lipinski definition) is 4. The molecule has 1 atom stereocenters.